The Kier molecular flexibility index (Phi) is 4.12. The van der Waals surface area contributed by atoms with Crippen molar-refractivity contribution in [3.8, 4) is 0 Å². The van der Waals surface area contributed by atoms with Gasteiger partial charge in [-0.25, -0.2) is 4.98 Å². The lowest BCUT2D eigenvalue weighted by Crippen LogP contribution is -2.15. The van der Waals surface area contributed by atoms with Crippen molar-refractivity contribution in [3.63, 3.8) is 0 Å². The third-order valence-corrected chi connectivity index (χ3v) is 5.37. The van der Waals surface area contributed by atoms with E-state index in [2.05, 4.69) is 21.7 Å². The van der Waals surface area contributed by atoms with Gasteiger partial charge in [0.25, 0.3) is 0 Å². The van der Waals surface area contributed by atoms with Gasteiger partial charge in [0.2, 0.25) is 0 Å². The van der Waals surface area contributed by atoms with Crippen molar-refractivity contribution < 1.29 is 0 Å². The zero-order chi connectivity index (χ0) is 13.2. The summed E-state index contributed by atoms with van der Waals surface area (Å²) in [7, 11) is 0. The van der Waals surface area contributed by atoms with Crippen LogP contribution in [0.3, 0.4) is 0 Å². The minimum Gasteiger partial charge on any atom is -0.310 e. The Labute approximate surface area is 126 Å². The molecule has 1 fully saturated rings. The second-order valence-electron chi connectivity index (χ2n) is 4.76. The average molecular weight is 311 g/mol. The fourth-order valence-corrected chi connectivity index (χ4v) is 3.98. The van der Waals surface area contributed by atoms with E-state index in [9.17, 15) is 0 Å². The van der Waals surface area contributed by atoms with E-state index < -0.39 is 0 Å². The number of rotatable bonds is 5. The van der Waals surface area contributed by atoms with Crippen molar-refractivity contribution in [1.82, 2.24) is 10.3 Å². The summed E-state index contributed by atoms with van der Waals surface area (Å²) in [5, 5.41) is 6.41. The number of aryl methyl sites for hydroxylation is 1. The van der Waals surface area contributed by atoms with Gasteiger partial charge < -0.3 is 5.32 Å². The van der Waals surface area contributed by atoms with E-state index in [1.165, 1.54) is 23.3 Å². The van der Waals surface area contributed by atoms with Crippen LogP contribution >= 0.6 is 34.7 Å². The molecule has 2 aromatic rings. The molecule has 1 aromatic carbocycles. The number of nitrogens with zero attached hydrogens (tertiary/aromatic N) is 1. The topological polar surface area (TPSA) is 24.9 Å². The zero-order valence-corrected chi connectivity index (χ0v) is 13.0. The SMILES string of the molecule is Cc1csc(Sc2cc(Cl)ccc2CNC2CC2)n1. The first-order valence-corrected chi connectivity index (χ1v) is 8.40. The summed E-state index contributed by atoms with van der Waals surface area (Å²) >= 11 is 9.50. The molecule has 0 aliphatic heterocycles. The highest BCUT2D eigenvalue weighted by Crippen LogP contribution is 2.34. The minimum atomic E-state index is 0.718. The van der Waals surface area contributed by atoms with Gasteiger partial charge in [-0.3, -0.25) is 0 Å². The van der Waals surface area contributed by atoms with Gasteiger partial charge in [-0.2, -0.15) is 0 Å². The number of thiazole rings is 1. The molecular weight excluding hydrogens is 296 g/mol. The smallest absolute Gasteiger partial charge is 0.154 e. The molecule has 0 saturated heterocycles. The van der Waals surface area contributed by atoms with Gasteiger partial charge >= 0.3 is 0 Å². The fraction of sp³-hybridized carbons (Fsp3) is 0.357. The second kappa shape index (κ2) is 5.83. The van der Waals surface area contributed by atoms with E-state index in [0.29, 0.717) is 0 Å². The standard InChI is InChI=1S/C14H15ClN2S2/c1-9-8-18-14(17-9)19-13-6-11(15)3-2-10(13)7-16-12-4-5-12/h2-3,6,8,12,16H,4-5,7H2,1H3. The van der Waals surface area contributed by atoms with Gasteiger partial charge in [-0.1, -0.05) is 29.4 Å². The lowest BCUT2D eigenvalue weighted by Gasteiger charge is -2.09. The highest BCUT2D eigenvalue weighted by molar-refractivity contribution is 8.01. The summed E-state index contributed by atoms with van der Waals surface area (Å²) in [6.07, 6.45) is 2.61. The Morgan fingerprint density at radius 1 is 1.47 bits per heavy atom. The van der Waals surface area contributed by atoms with Crippen molar-refractivity contribution >= 4 is 34.7 Å². The van der Waals surface area contributed by atoms with Crippen LogP contribution in [0.1, 0.15) is 24.1 Å². The molecule has 5 heteroatoms. The first kappa shape index (κ1) is 13.4. The number of aromatic nitrogens is 1. The van der Waals surface area contributed by atoms with Gasteiger partial charge in [0.15, 0.2) is 4.34 Å². The molecule has 2 nitrogen and oxygen atoms in total. The normalized spacial score (nSPS) is 14.8. The molecule has 1 N–H and O–H groups in total. The number of hydrogen-bond acceptors (Lipinski definition) is 4. The summed E-state index contributed by atoms with van der Waals surface area (Å²) < 4.78 is 1.08. The lowest BCUT2D eigenvalue weighted by atomic mass is 10.2. The highest BCUT2D eigenvalue weighted by Gasteiger charge is 2.20. The molecule has 1 aliphatic carbocycles. The molecule has 0 unspecified atom stereocenters. The quantitative estimate of drug-likeness (QED) is 0.879. The van der Waals surface area contributed by atoms with Crippen LogP contribution in [0.5, 0.6) is 0 Å². The Morgan fingerprint density at radius 2 is 2.32 bits per heavy atom. The Bertz CT molecular complexity index is 579. The summed E-state index contributed by atoms with van der Waals surface area (Å²) in [5.74, 6) is 0. The van der Waals surface area contributed by atoms with E-state index in [-0.39, 0.29) is 0 Å². The van der Waals surface area contributed by atoms with Crippen molar-refractivity contribution in [2.24, 2.45) is 0 Å². The minimum absolute atomic E-state index is 0.718. The molecule has 1 aromatic heterocycles. The van der Waals surface area contributed by atoms with Gasteiger partial charge in [0.05, 0.1) is 0 Å². The molecule has 0 spiro atoms. The Balaban J connectivity index is 1.78. The monoisotopic (exact) mass is 310 g/mol. The third kappa shape index (κ3) is 3.72. The lowest BCUT2D eigenvalue weighted by molar-refractivity contribution is 0.680. The maximum atomic E-state index is 6.11. The summed E-state index contributed by atoms with van der Waals surface area (Å²) in [4.78, 5) is 5.71. The van der Waals surface area contributed by atoms with Gasteiger partial charge in [-0.05, 0) is 37.5 Å². The second-order valence-corrected chi connectivity index (χ2v) is 7.35. The van der Waals surface area contributed by atoms with Gasteiger partial charge in [0.1, 0.15) is 0 Å². The van der Waals surface area contributed by atoms with Crippen LogP contribution < -0.4 is 5.32 Å². The molecule has 0 atom stereocenters. The molecule has 0 radical (unpaired) electrons. The van der Waals surface area contributed by atoms with Crippen LogP contribution in [-0.4, -0.2) is 11.0 Å². The molecule has 1 heterocycles. The maximum absolute atomic E-state index is 6.11. The predicted molar refractivity (Wildman–Crippen MR) is 82.3 cm³/mol. The number of halogens is 1. The van der Waals surface area contributed by atoms with Crippen molar-refractivity contribution in [2.45, 2.75) is 41.6 Å². The van der Waals surface area contributed by atoms with E-state index in [4.69, 9.17) is 11.6 Å². The molecule has 3 rings (SSSR count). The molecule has 0 bridgehead atoms. The molecule has 100 valence electrons. The molecule has 0 amide bonds. The highest BCUT2D eigenvalue weighted by atomic mass is 35.5. The van der Waals surface area contributed by atoms with E-state index in [1.54, 1.807) is 23.1 Å². The molecule has 19 heavy (non-hydrogen) atoms. The summed E-state index contributed by atoms with van der Waals surface area (Å²) in [5.41, 5.74) is 2.38. The van der Waals surface area contributed by atoms with E-state index >= 15 is 0 Å². The Morgan fingerprint density at radius 3 is 3.00 bits per heavy atom. The molecule has 1 saturated carbocycles. The van der Waals surface area contributed by atoms with Crippen LogP contribution in [-0.2, 0) is 6.54 Å². The molecule has 1 aliphatic rings. The van der Waals surface area contributed by atoms with Crippen LogP contribution in [0.15, 0.2) is 32.8 Å². The van der Waals surface area contributed by atoms with Gasteiger partial charge in [-0.15, -0.1) is 11.3 Å². The zero-order valence-electron chi connectivity index (χ0n) is 10.6. The largest absolute Gasteiger partial charge is 0.310 e. The van der Waals surface area contributed by atoms with Crippen LogP contribution in [0.2, 0.25) is 5.02 Å². The number of benzene rings is 1. The van der Waals surface area contributed by atoms with Crippen LogP contribution in [0.4, 0.5) is 0 Å². The van der Waals surface area contributed by atoms with Crippen LogP contribution in [0, 0.1) is 6.92 Å². The van der Waals surface area contributed by atoms with E-state index in [0.717, 1.165) is 27.6 Å². The third-order valence-electron chi connectivity index (χ3n) is 2.98. The molecular formula is C14H15ClN2S2. The maximum Gasteiger partial charge on any atom is 0.154 e. The Hall–Kier alpha value is -0.550. The summed E-state index contributed by atoms with van der Waals surface area (Å²) in [6.45, 7) is 2.93. The van der Waals surface area contributed by atoms with Gasteiger partial charge in [0, 0.05) is 33.6 Å². The average Bonchev–Trinajstić information content (AvgIpc) is 3.12. The first-order chi connectivity index (χ1) is 9.20. The fourth-order valence-electron chi connectivity index (χ4n) is 1.78. The number of hydrogen-bond donors (Lipinski definition) is 1. The first-order valence-electron chi connectivity index (χ1n) is 6.32. The van der Waals surface area contributed by atoms with Crippen molar-refractivity contribution in [3.05, 3.63) is 39.9 Å². The van der Waals surface area contributed by atoms with Crippen molar-refractivity contribution in [1.29, 1.82) is 0 Å². The number of nitrogens with one attached hydrogen (secondary N) is 1. The predicted octanol–water partition coefficient (Wildman–Crippen LogP) is 4.51. The van der Waals surface area contributed by atoms with E-state index in [1.807, 2.05) is 19.1 Å². The van der Waals surface area contributed by atoms with Crippen LogP contribution in [0.25, 0.3) is 0 Å². The van der Waals surface area contributed by atoms with Crippen molar-refractivity contribution in [2.75, 3.05) is 0 Å². The summed E-state index contributed by atoms with van der Waals surface area (Å²) in [6, 6.07) is 6.83.